The van der Waals surface area contributed by atoms with Gasteiger partial charge in [-0.3, -0.25) is 4.79 Å². The zero-order chi connectivity index (χ0) is 9.14. The highest BCUT2D eigenvalue weighted by Gasteiger charge is 2.09. The highest BCUT2D eigenvalue weighted by atomic mass is 32.1. The van der Waals surface area contributed by atoms with Crippen molar-refractivity contribution in [3.63, 3.8) is 0 Å². The van der Waals surface area contributed by atoms with E-state index < -0.39 is 0 Å². The Morgan fingerprint density at radius 2 is 2.33 bits per heavy atom. The summed E-state index contributed by atoms with van der Waals surface area (Å²) >= 11 is 1.43. The smallest absolute Gasteiger partial charge is 0.173 e. The third-order valence-corrected chi connectivity index (χ3v) is 2.48. The van der Waals surface area contributed by atoms with E-state index in [2.05, 4.69) is 0 Å². The molecule has 0 aromatic carbocycles. The number of Topliss-reactive ketones (excluding diaryl/α,β-unsaturated/α-hetero) is 1. The maximum atomic E-state index is 11.4. The molecule has 3 heteroatoms. The summed E-state index contributed by atoms with van der Waals surface area (Å²) in [6.07, 6.45) is 0.611. The van der Waals surface area contributed by atoms with Crippen molar-refractivity contribution in [2.75, 3.05) is 5.73 Å². The molecule has 0 aliphatic carbocycles. The molecule has 0 saturated heterocycles. The molecular formula is C9H13NOS. The zero-order valence-corrected chi connectivity index (χ0v) is 8.15. The molecule has 0 fully saturated rings. The molecule has 0 amide bonds. The number of thiophene rings is 1. The quantitative estimate of drug-likeness (QED) is 0.732. The van der Waals surface area contributed by atoms with E-state index >= 15 is 0 Å². The zero-order valence-electron chi connectivity index (χ0n) is 7.33. The van der Waals surface area contributed by atoms with Gasteiger partial charge in [-0.1, -0.05) is 13.8 Å². The predicted octanol–water partition coefficient (Wildman–Crippen LogP) is 2.56. The van der Waals surface area contributed by atoms with Crippen molar-refractivity contribution in [3.05, 3.63) is 16.3 Å². The number of carbonyl (C=O) groups excluding carboxylic acids is 1. The summed E-state index contributed by atoms with van der Waals surface area (Å²) in [7, 11) is 0. The Hall–Kier alpha value is -0.830. The molecule has 0 atom stereocenters. The fourth-order valence-electron chi connectivity index (χ4n) is 0.969. The van der Waals surface area contributed by atoms with Gasteiger partial charge in [0.2, 0.25) is 0 Å². The summed E-state index contributed by atoms with van der Waals surface area (Å²) in [4.78, 5) is 12.2. The van der Waals surface area contributed by atoms with Crippen LogP contribution in [0.5, 0.6) is 0 Å². The number of rotatable bonds is 3. The van der Waals surface area contributed by atoms with Gasteiger partial charge in [0.05, 0.1) is 4.88 Å². The van der Waals surface area contributed by atoms with E-state index in [0.29, 0.717) is 18.0 Å². The molecule has 1 heterocycles. The van der Waals surface area contributed by atoms with E-state index in [0.717, 1.165) is 4.88 Å². The van der Waals surface area contributed by atoms with Gasteiger partial charge in [0.15, 0.2) is 5.78 Å². The van der Waals surface area contributed by atoms with Crippen LogP contribution in [0.4, 0.5) is 5.69 Å². The highest BCUT2D eigenvalue weighted by Crippen LogP contribution is 2.19. The van der Waals surface area contributed by atoms with E-state index in [-0.39, 0.29) is 5.78 Å². The van der Waals surface area contributed by atoms with Gasteiger partial charge < -0.3 is 5.73 Å². The molecule has 12 heavy (non-hydrogen) atoms. The Morgan fingerprint density at radius 1 is 1.67 bits per heavy atom. The van der Waals surface area contributed by atoms with E-state index in [1.165, 1.54) is 11.3 Å². The first-order chi connectivity index (χ1) is 5.59. The van der Waals surface area contributed by atoms with Crippen LogP contribution in [0.25, 0.3) is 0 Å². The number of nitrogens with two attached hydrogens (primary N) is 1. The lowest BCUT2D eigenvalue weighted by atomic mass is 10.1. The van der Waals surface area contributed by atoms with Crippen LogP contribution in [0, 0.1) is 5.92 Å². The van der Waals surface area contributed by atoms with Crippen LogP contribution >= 0.6 is 11.3 Å². The van der Waals surface area contributed by atoms with Gasteiger partial charge in [0.1, 0.15) is 0 Å². The summed E-state index contributed by atoms with van der Waals surface area (Å²) < 4.78 is 0. The van der Waals surface area contributed by atoms with Crippen LogP contribution in [0.15, 0.2) is 11.4 Å². The number of hydrogen-bond donors (Lipinski definition) is 1. The summed E-state index contributed by atoms with van der Waals surface area (Å²) in [5.41, 5.74) is 6.19. The molecule has 66 valence electrons. The van der Waals surface area contributed by atoms with Gasteiger partial charge in [0.25, 0.3) is 0 Å². The molecule has 0 radical (unpaired) electrons. The molecule has 1 aromatic heterocycles. The van der Waals surface area contributed by atoms with Crippen molar-refractivity contribution >= 4 is 22.8 Å². The average Bonchev–Trinajstić information content (AvgIpc) is 2.34. The SMILES string of the molecule is CC(C)CC(=O)c1cc(N)cs1. The van der Waals surface area contributed by atoms with Crippen LogP contribution in [-0.4, -0.2) is 5.78 Å². The first-order valence-electron chi connectivity index (χ1n) is 3.97. The van der Waals surface area contributed by atoms with E-state index in [9.17, 15) is 4.79 Å². The number of hydrogen-bond acceptors (Lipinski definition) is 3. The van der Waals surface area contributed by atoms with E-state index in [1.807, 2.05) is 13.8 Å². The average molecular weight is 183 g/mol. The molecule has 2 nitrogen and oxygen atoms in total. The number of anilines is 1. The molecule has 0 saturated carbocycles. The van der Waals surface area contributed by atoms with Crippen molar-refractivity contribution in [3.8, 4) is 0 Å². The summed E-state index contributed by atoms with van der Waals surface area (Å²) in [6.45, 7) is 4.07. The van der Waals surface area contributed by atoms with Crippen molar-refractivity contribution in [2.24, 2.45) is 5.92 Å². The first-order valence-corrected chi connectivity index (χ1v) is 4.84. The highest BCUT2D eigenvalue weighted by molar-refractivity contribution is 7.12. The maximum Gasteiger partial charge on any atom is 0.173 e. The Labute approximate surface area is 76.4 Å². The molecule has 1 rings (SSSR count). The largest absolute Gasteiger partial charge is 0.398 e. The van der Waals surface area contributed by atoms with Crippen LogP contribution in [0.1, 0.15) is 29.9 Å². The molecule has 0 aliphatic heterocycles. The third-order valence-electron chi connectivity index (χ3n) is 1.49. The lowest BCUT2D eigenvalue weighted by molar-refractivity contribution is 0.0972. The van der Waals surface area contributed by atoms with Gasteiger partial charge in [-0.05, 0) is 12.0 Å². The lowest BCUT2D eigenvalue weighted by Crippen LogP contribution is -2.00. The molecule has 2 N–H and O–H groups in total. The molecule has 0 spiro atoms. The Morgan fingerprint density at radius 3 is 2.75 bits per heavy atom. The second-order valence-electron chi connectivity index (χ2n) is 3.27. The maximum absolute atomic E-state index is 11.4. The van der Waals surface area contributed by atoms with E-state index in [4.69, 9.17) is 5.73 Å². The minimum Gasteiger partial charge on any atom is -0.398 e. The molecular weight excluding hydrogens is 170 g/mol. The fraction of sp³-hybridized carbons (Fsp3) is 0.444. The molecule has 0 aliphatic rings. The van der Waals surface area contributed by atoms with Gasteiger partial charge in [-0.15, -0.1) is 11.3 Å². The van der Waals surface area contributed by atoms with Gasteiger partial charge >= 0.3 is 0 Å². The Balaban J connectivity index is 2.65. The van der Waals surface area contributed by atoms with Crippen LogP contribution in [0.2, 0.25) is 0 Å². The monoisotopic (exact) mass is 183 g/mol. The Kier molecular flexibility index (Phi) is 2.87. The van der Waals surface area contributed by atoms with Crippen LogP contribution in [0.3, 0.4) is 0 Å². The predicted molar refractivity (Wildman–Crippen MR) is 52.5 cm³/mol. The van der Waals surface area contributed by atoms with Crippen LogP contribution in [-0.2, 0) is 0 Å². The summed E-state index contributed by atoms with van der Waals surface area (Å²) in [6, 6.07) is 1.75. The minimum atomic E-state index is 0.201. The summed E-state index contributed by atoms with van der Waals surface area (Å²) in [5.74, 6) is 0.618. The molecule has 0 unspecified atom stereocenters. The van der Waals surface area contributed by atoms with Crippen molar-refractivity contribution in [2.45, 2.75) is 20.3 Å². The standard InChI is InChI=1S/C9H13NOS/c1-6(2)3-8(11)9-4-7(10)5-12-9/h4-6H,3,10H2,1-2H3. The number of carbonyl (C=O) groups is 1. The normalized spacial score (nSPS) is 10.6. The molecule has 1 aromatic rings. The van der Waals surface area contributed by atoms with Gasteiger partial charge in [-0.2, -0.15) is 0 Å². The van der Waals surface area contributed by atoms with Crippen molar-refractivity contribution in [1.29, 1.82) is 0 Å². The van der Waals surface area contributed by atoms with Crippen molar-refractivity contribution in [1.82, 2.24) is 0 Å². The second kappa shape index (κ2) is 3.72. The number of nitrogen functional groups attached to an aromatic ring is 1. The van der Waals surface area contributed by atoms with Crippen molar-refractivity contribution < 1.29 is 4.79 Å². The Bertz CT molecular complexity index is 278. The fourth-order valence-corrected chi connectivity index (χ4v) is 1.72. The third kappa shape index (κ3) is 2.34. The topological polar surface area (TPSA) is 43.1 Å². The summed E-state index contributed by atoms with van der Waals surface area (Å²) in [5, 5.41) is 1.80. The lowest BCUT2D eigenvalue weighted by Gasteiger charge is -2.00. The molecule has 0 bridgehead atoms. The van der Waals surface area contributed by atoms with Gasteiger partial charge in [-0.25, -0.2) is 0 Å². The van der Waals surface area contributed by atoms with Gasteiger partial charge in [0, 0.05) is 17.5 Å². The second-order valence-corrected chi connectivity index (χ2v) is 4.18. The van der Waals surface area contributed by atoms with E-state index in [1.54, 1.807) is 11.4 Å². The minimum absolute atomic E-state index is 0.201. The van der Waals surface area contributed by atoms with Crippen LogP contribution < -0.4 is 5.73 Å². The number of ketones is 1. The first kappa shape index (κ1) is 9.26.